The van der Waals surface area contributed by atoms with Crippen LogP contribution in [-0.2, 0) is 14.2 Å². The van der Waals surface area contributed by atoms with Gasteiger partial charge in [-0.25, -0.2) is 0 Å². The van der Waals surface area contributed by atoms with Gasteiger partial charge in [0.05, 0.1) is 25.4 Å². The average molecular weight is 271 g/mol. The van der Waals surface area contributed by atoms with Crippen molar-refractivity contribution in [3.05, 3.63) is 11.8 Å². The summed E-state index contributed by atoms with van der Waals surface area (Å²) in [6.07, 6.45) is 7.48. The van der Waals surface area contributed by atoms with E-state index in [0.29, 0.717) is 19.3 Å². The second kappa shape index (κ2) is 9.34. The molecule has 1 heterocycles. The lowest BCUT2D eigenvalue weighted by molar-refractivity contribution is -0.223. The van der Waals surface area contributed by atoms with Crippen molar-refractivity contribution in [2.75, 3.05) is 13.2 Å². The van der Waals surface area contributed by atoms with E-state index in [1.807, 2.05) is 13.0 Å². The Morgan fingerprint density at radius 3 is 2.74 bits per heavy atom. The fourth-order valence-electron chi connectivity index (χ4n) is 2.17. The van der Waals surface area contributed by atoms with Gasteiger partial charge in [-0.15, -0.1) is 0 Å². The first-order chi connectivity index (χ1) is 9.19. The number of rotatable bonds is 8. The molecule has 1 rings (SSSR count). The van der Waals surface area contributed by atoms with E-state index in [9.17, 15) is 0 Å². The van der Waals surface area contributed by atoms with Crippen LogP contribution in [0.3, 0.4) is 0 Å². The molecule has 0 aromatic heterocycles. The zero-order valence-electron chi connectivity index (χ0n) is 12.6. The molecular weight excluding hydrogens is 242 g/mol. The summed E-state index contributed by atoms with van der Waals surface area (Å²) in [4.78, 5) is 0. The van der Waals surface area contributed by atoms with Gasteiger partial charge in [0.2, 0.25) is 0 Å². The Morgan fingerprint density at radius 1 is 1.37 bits per heavy atom. The largest absolute Gasteiger partial charge is 0.400 e. The summed E-state index contributed by atoms with van der Waals surface area (Å²) >= 11 is 0. The SMILES string of the molecule is C/C=C(\N)COC[C@@H]1CCC[C@H](OC(CC)CC)O1. The second-order valence-corrected chi connectivity index (χ2v) is 5.07. The Balaban J connectivity index is 2.25. The van der Waals surface area contributed by atoms with Crippen molar-refractivity contribution in [3.8, 4) is 0 Å². The maximum Gasteiger partial charge on any atom is 0.158 e. The summed E-state index contributed by atoms with van der Waals surface area (Å²) < 4.78 is 17.4. The highest BCUT2D eigenvalue weighted by molar-refractivity contribution is 4.93. The van der Waals surface area contributed by atoms with Crippen LogP contribution in [0.1, 0.15) is 52.9 Å². The summed E-state index contributed by atoms with van der Waals surface area (Å²) in [5.74, 6) is 0. The number of ether oxygens (including phenoxy) is 3. The first-order valence-electron chi connectivity index (χ1n) is 7.48. The zero-order chi connectivity index (χ0) is 14.1. The molecule has 2 atom stereocenters. The van der Waals surface area contributed by atoms with Crippen LogP contribution < -0.4 is 5.73 Å². The van der Waals surface area contributed by atoms with Gasteiger partial charge in [-0.05, 0) is 39.0 Å². The smallest absolute Gasteiger partial charge is 0.158 e. The first kappa shape index (κ1) is 16.5. The van der Waals surface area contributed by atoms with Crippen molar-refractivity contribution in [1.82, 2.24) is 0 Å². The highest BCUT2D eigenvalue weighted by atomic mass is 16.7. The molecule has 4 heteroatoms. The van der Waals surface area contributed by atoms with E-state index >= 15 is 0 Å². The number of nitrogens with two attached hydrogens (primary N) is 1. The molecule has 0 bridgehead atoms. The van der Waals surface area contributed by atoms with E-state index in [-0.39, 0.29) is 12.4 Å². The summed E-state index contributed by atoms with van der Waals surface area (Å²) in [5, 5.41) is 0. The molecule has 1 saturated heterocycles. The monoisotopic (exact) mass is 271 g/mol. The predicted octanol–water partition coefficient (Wildman–Crippen LogP) is 2.97. The molecule has 4 nitrogen and oxygen atoms in total. The molecule has 0 spiro atoms. The van der Waals surface area contributed by atoms with E-state index in [1.165, 1.54) is 0 Å². The molecule has 0 saturated carbocycles. The second-order valence-electron chi connectivity index (χ2n) is 5.07. The Labute approximate surface area is 117 Å². The van der Waals surface area contributed by atoms with Crippen molar-refractivity contribution in [3.63, 3.8) is 0 Å². The van der Waals surface area contributed by atoms with Crippen molar-refractivity contribution in [2.45, 2.75) is 71.4 Å². The number of hydrogen-bond donors (Lipinski definition) is 1. The third-order valence-corrected chi connectivity index (χ3v) is 3.51. The van der Waals surface area contributed by atoms with Crippen LogP contribution in [0, 0.1) is 0 Å². The fourth-order valence-corrected chi connectivity index (χ4v) is 2.17. The van der Waals surface area contributed by atoms with E-state index < -0.39 is 0 Å². The Kier molecular flexibility index (Phi) is 8.10. The van der Waals surface area contributed by atoms with E-state index in [2.05, 4.69) is 13.8 Å². The van der Waals surface area contributed by atoms with Crippen molar-refractivity contribution < 1.29 is 14.2 Å². The third kappa shape index (κ3) is 6.41. The van der Waals surface area contributed by atoms with Crippen molar-refractivity contribution in [2.24, 2.45) is 5.73 Å². The van der Waals surface area contributed by atoms with Crippen LogP contribution in [-0.4, -0.2) is 31.7 Å². The molecule has 0 radical (unpaired) electrons. The molecular formula is C15H29NO3. The summed E-state index contributed by atoms with van der Waals surface area (Å²) in [7, 11) is 0. The van der Waals surface area contributed by atoms with Gasteiger partial charge in [0.1, 0.15) is 0 Å². The summed E-state index contributed by atoms with van der Waals surface area (Å²) in [5.41, 5.74) is 6.45. The molecule has 1 aliphatic heterocycles. The Morgan fingerprint density at radius 2 is 2.11 bits per heavy atom. The predicted molar refractivity (Wildman–Crippen MR) is 76.7 cm³/mol. The maximum atomic E-state index is 5.95. The van der Waals surface area contributed by atoms with Crippen LogP contribution in [0.15, 0.2) is 11.8 Å². The molecule has 1 fully saturated rings. The maximum absolute atomic E-state index is 5.95. The minimum Gasteiger partial charge on any atom is -0.400 e. The van der Waals surface area contributed by atoms with Gasteiger partial charge in [0, 0.05) is 5.70 Å². The summed E-state index contributed by atoms with van der Waals surface area (Å²) in [6.45, 7) is 7.29. The normalized spacial score (nSPS) is 24.9. The van der Waals surface area contributed by atoms with Crippen LogP contribution in [0.4, 0.5) is 0 Å². The highest BCUT2D eigenvalue weighted by Crippen LogP contribution is 2.22. The Hall–Kier alpha value is -0.580. The quantitative estimate of drug-likeness (QED) is 0.737. The van der Waals surface area contributed by atoms with Gasteiger partial charge in [0.25, 0.3) is 0 Å². The zero-order valence-corrected chi connectivity index (χ0v) is 12.6. The van der Waals surface area contributed by atoms with Gasteiger partial charge >= 0.3 is 0 Å². The average Bonchev–Trinajstić information content (AvgIpc) is 2.45. The molecule has 0 aromatic rings. The van der Waals surface area contributed by atoms with Crippen LogP contribution >= 0.6 is 0 Å². The molecule has 0 aliphatic carbocycles. The topological polar surface area (TPSA) is 53.7 Å². The van der Waals surface area contributed by atoms with Gasteiger partial charge in [-0.1, -0.05) is 19.9 Å². The van der Waals surface area contributed by atoms with E-state index in [4.69, 9.17) is 19.9 Å². The van der Waals surface area contributed by atoms with Gasteiger partial charge in [-0.3, -0.25) is 0 Å². The van der Waals surface area contributed by atoms with E-state index in [1.54, 1.807) is 0 Å². The van der Waals surface area contributed by atoms with Crippen molar-refractivity contribution in [1.29, 1.82) is 0 Å². The molecule has 0 unspecified atom stereocenters. The lowest BCUT2D eigenvalue weighted by Crippen LogP contribution is -2.35. The minimum absolute atomic E-state index is 0.0636. The molecule has 2 N–H and O–H groups in total. The number of allylic oxidation sites excluding steroid dienone is 1. The standard InChI is InChI=1S/C15H29NO3/c1-4-12(16)10-17-11-14-8-7-9-15(19-14)18-13(5-2)6-3/h4,13-15H,5-11,16H2,1-3H3/b12-4-/t14-,15+/m0/s1. The van der Waals surface area contributed by atoms with Crippen LogP contribution in [0.25, 0.3) is 0 Å². The molecule has 1 aliphatic rings. The molecule has 112 valence electrons. The summed E-state index contributed by atoms with van der Waals surface area (Å²) in [6, 6.07) is 0. The van der Waals surface area contributed by atoms with Crippen LogP contribution in [0.5, 0.6) is 0 Å². The Bertz CT molecular complexity index is 264. The molecule has 19 heavy (non-hydrogen) atoms. The fraction of sp³-hybridized carbons (Fsp3) is 0.867. The van der Waals surface area contributed by atoms with Gasteiger partial charge < -0.3 is 19.9 Å². The van der Waals surface area contributed by atoms with Gasteiger partial charge in [0.15, 0.2) is 6.29 Å². The van der Waals surface area contributed by atoms with Gasteiger partial charge in [-0.2, -0.15) is 0 Å². The first-order valence-corrected chi connectivity index (χ1v) is 7.48. The number of hydrogen-bond acceptors (Lipinski definition) is 4. The molecule has 0 amide bonds. The van der Waals surface area contributed by atoms with Crippen LogP contribution in [0.2, 0.25) is 0 Å². The lowest BCUT2D eigenvalue weighted by Gasteiger charge is -2.32. The van der Waals surface area contributed by atoms with E-state index in [0.717, 1.165) is 37.8 Å². The third-order valence-electron chi connectivity index (χ3n) is 3.51. The minimum atomic E-state index is -0.0636. The highest BCUT2D eigenvalue weighted by Gasteiger charge is 2.24. The van der Waals surface area contributed by atoms with Crippen molar-refractivity contribution >= 4 is 0 Å². The molecule has 0 aromatic carbocycles. The lowest BCUT2D eigenvalue weighted by atomic mass is 10.1.